The fourth-order valence-corrected chi connectivity index (χ4v) is 19.4. The Morgan fingerprint density at radius 3 is 1.01 bits per heavy atom. The van der Waals surface area contributed by atoms with Crippen LogP contribution in [-0.4, -0.2) is 97.9 Å². The van der Waals surface area contributed by atoms with Crippen LogP contribution in [0.4, 0.5) is 44.5 Å². The zero-order valence-corrected chi connectivity index (χ0v) is 88.5. The normalized spacial score (nSPS) is 16.6. The van der Waals surface area contributed by atoms with Crippen LogP contribution in [0.2, 0.25) is 5.02 Å². The van der Waals surface area contributed by atoms with E-state index < -0.39 is 6.43 Å². The highest BCUT2D eigenvalue weighted by atomic mass is 79.9. The van der Waals surface area contributed by atoms with Crippen molar-refractivity contribution in [3.8, 4) is 0 Å². The smallest absolute Gasteiger partial charge is 0.263 e. The molecule has 7 N–H and O–H groups in total. The number of carbonyl (C=O) groups excluding carboxylic acids is 6. The summed E-state index contributed by atoms with van der Waals surface area (Å²) >= 11 is 9.68. The molecule has 29 heteroatoms. The molecule has 0 aliphatic heterocycles. The molecule has 7 aliphatic rings. The van der Waals surface area contributed by atoms with E-state index in [1.165, 1.54) is 87.5 Å². The molecule has 7 fully saturated rings. The summed E-state index contributed by atoms with van der Waals surface area (Å²) in [4.78, 5) is 102. The van der Waals surface area contributed by atoms with Gasteiger partial charge in [-0.05, 0) is 263 Å². The summed E-state index contributed by atoms with van der Waals surface area (Å²) in [6.45, 7) is 41.7. The number of hydrogen-bond acceptors (Lipinski definition) is 13. The van der Waals surface area contributed by atoms with Crippen molar-refractivity contribution < 1.29 is 42.7 Å². The minimum absolute atomic E-state index is 0.0149. The molecule has 6 amide bonds. The van der Waals surface area contributed by atoms with Crippen LogP contribution >= 0.6 is 27.5 Å². The number of amides is 6. The molecule has 0 saturated heterocycles. The Balaban J connectivity index is 0.000000134. The molecule has 7 saturated carbocycles. The summed E-state index contributed by atoms with van der Waals surface area (Å²) in [7, 11) is 0. The first kappa shape index (κ1) is 105. The van der Waals surface area contributed by atoms with Crippen LogP contribution in [0.3, 0.4) is 0 Å². The number of carbonyl (C=O) groups is 6. The van der Waals surface area contributed by atoms with E-state index in [1.54, 1.807) is 6.07 Å². The maximum atomic E-state index is 13.0. The quantitative estimate of drug-likeness (QED) is 0.0296. The summed E-state index contributed by atoms with van der Waals surface area (Å²) in [5.41, 5.74) is 14.7. The minimum atomic E-state index is -2.52. The molecule has 140 heavy (non-hydrogen) atoms. The van der Waals surface area contributed by atoms with Gasteiger partial charge in [0.2, 0.25) is 71.1 Å². The average molecular weight is 2000 g/mol. The molecule has 0 spiro atoms. The molecule has 1 atom stereocenters. The van der Waals surface area contributed by atoms with E-state index in [-0.39, 0.29) is 86.6 Å². The lowest BCUT2D eigenvalue weighted by atomic mass is 9.68. The van der Waals surface area contributed by atoms with Crippen molar-refractivity contribution in [1.29, 1.82) is 0 Å². The number of nitrogens with zero attached hydrogens (tertiary/aromatic N) is 12. The number of alkyl halides is 2. The third-order valence-corrected chi connectivity index (χ3v) is 29.2. The van der Waals surface area contributed by atoms with Gasteiger partial charge >= 0.3 is 0 Å². The largest absolute Gasteiger partial charge is 0.392 e. The number of halogens is 4. The van der Waals surface area contributed by atoms with E-state index in [0.717, 1.165) is 136 Å². The van der Waals surface area contributed by atoms with Gasteiger partial charge in [-0.25, -0.2) is 38.7 Å². The Hall–Kier alpha value is -10.5. The van der Waals surface area contributed by atoms with Gasteiger partial charge in [-0.2, -0.15) is 0 Å². The van der Waals surface area contributed by atoms with E-state index >= 15 is 0 Å². The summed E-state index contributed by atoms with van der Waals surface area (Å²) in [5, 5.41) is 28.5. The summed E-state index contributed by atoms with van der Waals surface area (Å²) in [5.74, 6) is 5.23. The SMILES string of the molecule is CC(C)(C)CC(=O)Nc1nc2ccc(Br)cc2n1C1CCC1.CC(C)(C)CC(=O)Nc1nc2ccc(C(F)F)cc2n1C1CCC1.CC(C)(C)CC(=O)Nc1nc2cccc(CO)c2n1C1CCC1.CC(C)c1ccc2nc(NC(=O)CC(C)(C)C)n(C3CCC3)c2c1.CC(C)c1ccc2nc(NC(=O)[C@@H](C)C(C)C)n(C3CCC3)c2c1.CC1(CC(=O)Nc2nc3ccc(Cl)cc3n2C2CCC2)CCC1. The van der Waals surface area contributed by atoms with Gasteiger partial charge in [-0.15, -0.1) is 0 Å². The molecule has 19 rings (SSSR count). The van der Waals surface area contributed by atoms with Crippen molar-refractivity contribution in [1.82, 2.24) is 57.3 Å². The van der Waals surface area contributed by atoms with Gasteiger partial charge in [0.05, 0.1) is 72.8 Å². The number of anilines is 6. The van der Waals surface area contributed by atoms with E-state index in [0.29, 0.717) is 132 Å². The Morgan fingerprint density at radius 1 is 0.393 bits per heavy atom. The van der Waals surface area contributed by atoms with Crippen molar-refractivity contribution in [3.63, 3.8) is 0 Å². The molecule has 6 aromatic heterocycles. The Bertz CT molecular complexity index is 6310. The van der Waals surface area contributed by atoms with Gasteiger partial charge in [0.25, 0.3) is 6.43 Å². The lowest BCUT2D eigenvalue weighted by molar-refractivity contribution is -0.121. The number of aromatic nitrogens is 12. The molecule has 6 heterocycles. The zero-order chi connectivity index (χ0) is 101. The Kier molecular flexibility index (Phi) is 33.3. The molecule has 754 valence electrons. The van der Waals surface area contributed by atoms with Crippen LogP contribution < -0.4 is 31.9 Å². The third kappa shape index (κ3) is 26.1. The maximum Gasteiger partial charge on any atom is 0.263 e. The fraction of sp³-hybridized carbons (Fsp3) is 0.568. The second-order valence-corrected chi connectivity index (χ2v) is 47.8. The molecule has 0 radical (unpaired) electrons. The first-order valence-electron chi connectivity index (χ1n) is 51.2. The third-order valence-electron chi connectivity index (χ3n) is 28.4. The second kappa shape index (κ2) is 44.2. The zero-order valence-electron chi connectivity index (χ0n) is 86.1. The molecule has 0 bridgehead atoms. The maximum absolute atomic E-state index is 13.0. The van der Waals surface area contributed by atoms with Crippen molar-refractivity contribution in [2.24, 2.45) is 38.9 Å². The number of para-hydroxylation sites is 1. The van der Waals surface area contributed by atoms with Gasteiger partial charge in [0, 0.05) is 94.9 Å². The number of aliphatic hydroxyl groups excluding tert-OH is 1. The summed E-state index contributed by atoms with van der Waals surface area (Å²) < 4.78 is 40.0. The minimum Gasteiger partial charge on any atom is -0.392 e. The lowest BCUT2D eigenvalue weighted by Gasteiger charge is -2.37. The van der Waals surface area contributed by atoms with E-state index in [9.17, 15) is 42.7 Å². The molecule has 25 nitrogen and oxygen atoms in total. The Labute approximate surface area is 837 Å². The highest BCUT2D eigenvalue weighted by molar-refractivity contribution is 9.10. The van der Waals surface area contributed by atoms with E-state index in [1.807, 2.05) is 102 Å². The van der Waals surface area contributed by atoms with E-state index in [4.69, 9.17) is 21.6 Å². The first-order chi connectivity index (χ1) is 66.1. The topological polar surface area (TPSA) is 302 Å². The van der Waals surface area contributed by atoms with Crippen molar-refractivity contribution in [2.45, 2.75) is 367 Å². The number of hydrogen-bond donors (Lipinski definition) is 7. The molecule has 12 aromatic rings. The van der Waals surface area contributed by atoms with Crippen LogP contribution in [0.15, 0.2) is 114 Å². The Morgan fingerprint density at radius 2 is 0.693 bits per heavy atom. The molecule has 7 aliphatic carbocycles. The number of fused-ring (bicyclic) bond motifs is 6. The van der Waals surface area contributed by atoms with Gasteiger partial charge in [0.1, 0.15) is 0 Å². The fourth-order valence-electron chi connectivity index (χ4n) is 18.9. The van der Waals surface area contributed by atoms with Crippen LogP contribution in [0, 0.1) is 38.9 Å². The standard InChI is InChI=1S/2C20H29N3O.C18H22ClN3O.C18H23F2N3O.C18H25N3O2.C17H22BrN3O/c1-13(2)14-9-10-16-17(11-14)23(15-7-6-8-15)19(21-16)22-18(24)12-20(3,4)5;1-12(2)14(5)19(24)22-20-21-17-10-9-15(13(3)4)11-18(17)23(20)16-7-6-8-16;1-18(8-3-9-18)11-16(23)21-17-20-14-7-6-12(19)10-15(14)22(17)13-4-2-5-13;1-18(2,3)10-15(24)22-17-21-13-8-7-11(16(19)20)9-14(13)23(17)12-5-4-6-12;1-18(2,3)10-15(23)20-17-19-14-9-4-6-12(11-22)16(14)21(17)13-7-5-8-13;1-17(2,3)10-15(22)20-16-19-13-8-7-11(18)9-14(13)21(16)12-5-4-6-12/h9-11,13,15H,6-8,12H2,1-5H3,(H,21,22,24);9-14,16H,6-8H2,1-5H3,(H,21,22,24);6-7,10,13H,2-5,8-9,11H2,1H3,(H,20,21,23);7-9,12,16H,4-6,10H2,1-3H3,(H,21,22,24);4,6,9,13,22H,5,7-8,10-11H2,1-3H3,(H,19,20,23);7-9,12H,4-6,10H2,1-3H3,(H,19,20,22)/t;14-;;;;/m.0..../s1. The predicted octanol–water partition coefficient (Wildman–Crippen LogP) is 28.9. The van der Waals surface area contributed by atoms with Crippen molar-refractivity contribution in [3.05, 3.63) is 141 Å². The van der Waals surface area contributed by atoms with Crippen LogP contribution in [-0.2, 0) is 35.4 Å². The number of aliphatic hydroxyl groups is 1. The molecular formula is C111H150BrClF2N18O7. The molecule has 6 aromatic carbocycles. The first-order valence-corrected chi connectivity index (χ1v) is 52.4. The predicted molar refractivity (Wildman–Crippen MR) is 566 cm³/mol. The average Bonchev–Trinajstić information content (AvgIpc) is 1.63. The lowest BCUT2D eigenvalue weighted by Crippen LogP contribution is -2.31. The highest BCUT2D eigenvalue weighted by Crippen LogP contribution is 2.48. The monoisotopic (exact) mass is 2000 g/mol. The van der Waals surface area contributed by atoms with Gasteiger partial charge in [-0.1, -0.05) is 203 Å². The van der Waals surface area contributed by atoms with Gasteiger partial charge in [-0.3, -0.25) is 60.7 Å². The molecular weight excluding hydrogens is 1850 g/mol. The number of benzene rings is 6. The summed E-state index contributed by atoms with van der Waals surface area (Å²) in [6, 6.07) is 37.3. The van der Waals surface area contributed by atoms with E-state index in [2.05, 4.69) is 223 Å². The van der Waals surface area contributed by atoms with Crippen LogP contribution in [0.1, 0.15) is 382 Å². The van der Waals surface area contributed by atoms with Crippen LogP contribution in [0.5, 0.6) is 0 Å². The van der Waals surface area contributed by atoms with Gasteiger partial charge in [0.15, 0.2) is 0 Å². The number of imidazole rings is 6. The number of rotatable bonds is 24. The highest BCUT2D eigenvalue weighted by Gasteiger charge is 2.38. The number of nitrogens with one attached hydrogen (secondary N) is 6. The summed E-state index contributed by atoms with van der Waals surface area (Å²) in [6.07, 6.45) is 24.1. The second-order valence-electron chi connectivity index (χ2n) is 46.5. The van der Waals surface area contributed by atoms with Gasteiger partial charge < -0.3 is 32.5 Å². The van der Waals surface area contributed by atoms with Crippen molar-refractivity contribution in [2.75, 3.05) is 31.9 Å². The van der Waals surface area contributed by atoms with Crippen molar-refractivity contribution >= 4 is 165 Å². The van der Waals surface area contributed by atoms with Crippen LogP contribution in [0.25, 0.3) is 66.2 Å². The molecule has 0 unspecified atom stereocenters.